The molecular formula is C14H12Cl2NNaO4. The van der Waals surface area contributed by atoms with Crippen LogP contribution in [0, 0.1) is 11.3 Å². The van der Waals surface area contributed by atoms with E-state index in [-0.39, 0.29) is 51.8 Å². The van der Waals surface area contributed by atoms with E-state index in [1.165, 1.54) is 18.2 Å². The van der Waals surface area contributed by atoms with Crippen molar-refractivity contribution in [2.45, 2.75) is 25.2 Å². The summed E-state index contributed by atoms with van der Waals surface area (Å²) in [5, 5.41) is 20.8. The zero-order chi connectivity index (χ0) is 16.0. The maximum absolute atomic E-state index is 11.7. The molecular weight excluding hydrogens is 340 g/mol. The van der Waals surface area contributed by atoms with Gasteiger partial charge in [0.15, 0.2) is 0 Å². The topological polar surface area (TPSA) is 90.2 Å². The second kappa shape index (κ2) is 9.39. The van der Waals surface area contributed by atoms with Crippen LogP contribution in [0.1, 0.15) is 25.3 Å². The van der Waals surface area contributed by atoms with Gasteiger partial charge in [-0.05, 0) is 24.6 Å². The first-order valence-electron chi connectivity index (χ1n) is 6.07. The van der Waals surface area contributed by atoms with E-state index >= 15 is 0 Å². The Kier molecular flexibility index (Phi) is 9.06. The molecule has 1 rings (SSSR count). The van der Waals surface area contributed by atoms with Crippen molar-refractivity contribution < 1.29 is 49.0 Å². The average molecular weight is 352 g/mol. The molecule has 1 unspecified atom stereocenters. The molecule has 0 aromatic heterocycles. The fourth-order valence-electron chi connectivity index (χ4n) is 1.91. The smallest absolute Gasteiger partial charge is 0.550 e. The monoisotopic (exact) mass is 351 g/mol. The Balaban J connectivity index is 0.00000441. The van der Waals surface area contributed by atoms with Crippen LogP contribution in [0.15, 0.2) is 18.2 Å². The number of ether oxygens (including phenoxy) is 1. The first-order valence-corrected chi connectivity index (χ1v) is 6.82. The van der Waals surface area contributed by atoms with Gasteiger partial charge in [-0.1, -0.05) is 29.3 Å². The summed E-state index contributed by atoms with van der Waals surface area (Å²) in [5.74, 6) is -2.13. The van der Waals surface area contributed by atoms with Crippen molar-refractivity contribution in [1.82, 2.24) is 0 Å². The Morgan fingerprint density at radius 1 is 1.32 bits per heavy atom. The van der Waals surface area contributed by atoms with E-state index in [0.29, 0.717) is 0 Å². The zero-order valence-electron chi connectivity index (χ0n) is 12.2. The number of carbonyl (C=O) groups excluding carboxylic acids is 2. The van der Waals surface area contributed by atoms with E-state index in [9.17, 15) is 20.0 Å². The maximum atomic E-state index is 11.7. The molecule has 1 aromatic carbocycles. The van der Waals surface area contributed by atoms with Crippen molar-refractivity contribution in [2.24, 2.45) is 0 Å². The molecule has 0 aliphatic rings. The van der Waals surface area contributed by atoms with Crippen molar-refractivity contribution in [2.75, 3.05) is 6.61 Å². The largest absolute Gasteiger partial charge is 1.00 e. The van der Waals surface area contributed by atoms with E-state index in [1.807, 2.05) is 6.07 Å². The standard InChI is InChI=1S/C14H13Cl2NO4.Na/c1-2-21-13(20)7-14(8-17,6-12(18)19)9-3-4-10(15)11(16)5-9;/h3-5H,2,6-7H2,1H3,(H,18,19);/q;+1/p-1. The minimum Gasteiger partial charge on any atom is -0.550 e. The molecule has 0 fully saturated rings. The first-order chi connectivity index (χ1) is 9.84. The molecule has 0 bridgehead atoms. The van der Waals surface area contributed by atoms with Gasteiger partial charge in [0.05, 0.1) is 34.6 Å². The molecule has 22 heavy (non-hydrogen) atoms. The van der Waals surface area contributed by atoms with Crippen molar-refractivity contribution in [3.05, 3.63) is 33.8 Å². The van der Waals surface area contributed by atoms with Gasteiger partial charge in [-0.25, -0.2) is 0 Å². The number of carboxylic acid groups (broad SMARTS) is 1. The Hall–Kier alpha value is -0.770. The number of nitriles is 1. The van der Waals surface area contributed by atoms with Gasteiger partial charge in [0.2, 0.25) is 0 Å². The van der Waals surface area contributed by atoms with Crippen LogP contribution in [0.5, 0.6) is 0 Å². The Bertz CT molecular complexity index is 603. The number of benzene rings is 1. The third-order valence-electron chi connectivity index (χ3n) is 2.88. The number of hydrogen-bond donors (Lipinski definition) is 0. The Labute approximate surface area is 160 Å². The van der Waals surface area contributed by atoms with Crippen LogP contribution in [0.3, 0.4) is 0 Å². The maximum Gasteiger partial charge on any atom is 1.00 e. The summed E-state index contributed by atoms with van der Waals surface area (Å²) in [6.45, 7) is 1.75. The van der Waals surface area contributed by atoms with E-state index < -0.39 is 30.2 Å². The van der Waals surface area contributed by atoms with Crippen LogP contribution in [-0.2, 0) is 19.7 Å². The number of esters is 1. The van der Waals surface area contributed by atoms with Gasteiger partial charge in [0.25, 0.3) is 0 Å². The molecule has 0 aliphatic heterocycles. The second-order valence-electron chi connectivity index (χ2n) is 4.35. The minimum atomic E-state index is -1.61. The molecule has 8 heteroatoms. The SMILES string of the molecule is CCOC(=O)CC(C#N)(CC(=O)[O-])c1ccc(Cl)c(Cl)c1.[Na+]. The molecule has 0 spiro atoms. The van der Waals surface area contributed by atoms with Crippen LogP contribution in [0.25, 0.3) is 0 Å². The molecule has 112 valence electrons. The number of halogens is 2. The number of hydrogen-bond acceptors (Lipinski definition) is 5. The molecule has 0 saturated carbocycles. The molecule has 1 aromatic rings. The molecule has 5 nitrogen and oxygen atoms in total. The molecule has 0 heterocycles. The average Bonchev–Trinajstić information content (AvgIpc) is 2.40. The van der Waals surface area contributed by atoms with Gasteiger partial charge in [0, 0.05) is 12.4 Å². The molecule has 0 radical (unpaired) electrons. The summed E-state index contributed by atoms with van der Waals surface area (Å²) in [6, 6.07) is 6.14. The van der Waals surface area contributed by atoms with E-state index in [0.717, 1.165) is 0 Å². The van der Waals surface area contributed by atoms with Crippen LogP contribution in [0.4, 0.5) is 0 Å². The third kappa shape index (κ3) is 5.45. The number of carboxylic acids is 1. The summed E-state index contributed by atoms with van der Waals surface area (Å²) in [7, 11) is 0. The van der Waals surface area contributed by atoms with Crippen LogP contribution < -0.4 is 34.7 Å². The van der Waals surface area contributed by atoms with Gasteiger partial charge in [-0.15, -0.1) is 0 Å². The quantitative estimate of drug-likeness (QED) is 0.477. The predicted octanol–water partition coefficient (Wildman–Crippen LogP) is -1.15. The van der Waals surface area contributed by atoms with E-state index in [1.54, 1.807) is 6.92 Å². The third-order valence-corrected chi connectivity index (χ3v) is 3.62. The molecule has 0 N–H and O–H groups in total. The zero-order valence-corrected chi connectivity index (χ0v) is 15.7. The summed E-state index contributed by atoms with van der Waals surface area (Å²) in [5.41, 5.74) is -1.34. The normalized spacial score (nSPS) is 12.5. The summed E-state index contributed by atoms with van der Waals surface area (Å²) >= 11 is 11.7. The Morgan fingerprint density at radius 2 is 1.95 bits per heavy atom. The van der Waals surface area contributed by atoms with Crippen molar-refractivity contribution in [3.63, 3.8) is 0 Å². The number of rotatable bonds is 6. The van der Waals surface area contributed by atoms with Crippen molar-refractivity contribution in [1.29, 1.82) is 5.26 Å². The minimum absolute atomic E-state index is 0. The summed E-state index contributed by atoms with van der Waals surface area (Å²) in [4.78, 5) is 22.6. The molecule has 0 amide bonds. The second-order valence-corrected chi connectivity index (χ2v) is 5.17. The Morgan fingerprint density at radius 3 is 2.41 bits per heavy atom. The fourth-order valence-corrected chi connectivity index (χ4v) is 2.21. The van der Waals surface area contributed by atoms with Gasteiger partial charge in [-0.3, -0.25) is 4.79 Å². The molecule has 1 atom stereocenters. The predicted molar refractivity (Wildman–Crippen MR) is 74.6 cm³/mol. The number of nitrogens with zero attached hydrogens (tertiary/aromatic N) is 1. The summed E-state index contributed by atoms with van der Waals surface area (Å²) in [6.07, 6.45) is -1.07. The summed E-state index contributed by atoms with van der Waals surface area (Å²) < 4.78 is 4.79. The van der Waals surface area contributed by atoms with E-state index in [2.05, 4.69) is 0 Å². The molecule has 0 aliphatic carbocycles. The van der Waals surface area contributed by atoms with Crippen molar-refractivity contribution in [3.8, 4) is 6.07 Å². The van der Waals surface area contributed by atoms with Crippen LogP contribution >= 0.6 is 23.2 Å². The number of aliphatic carboxylic acids is 1. The molecule has 0 saturated heterocycles. The van der Waals surface area contributed by atoms with Crippen LogP contribution in [0.2, 0.25) is 10.0 Å². The van der Waals surface area contributed by atoms with Crippen molar-refractivity contribution >= 4 is 35.1 Å². The van der Waals surface area contributed by atoms with E-state index in [4.69, 9.17) is 27.9 Å². The number of carbonyl (C=O) groups is 2. The van der Waals surface area contributed by atoms with Crippen LogP contribution in [-0.4, -0.2) is 18.5 Å². The van der Waals surface area contributed by atoms with Gasteiger partial charge < -0.3 is 14.6 Å². The van der Waals surface area contributed by atoms with Gasteiger partial charge in [-0.2, -0.15) is 5.26 Å². The fraction of sp³-hybridized carbons (Fsp3) is 0.357. The van der Waals surface area contributed by atoms with Gasteiger partial charge in [0.1, 0.15) is 0 Å². The first kappa shape index (κ1) is 21.2. The van der Waals surface area contributed by atoms with Gasteiger partial charge >= 0.3 is 35.5 Å².